The van der Waals surface area contributed by atoms with Crippen molar-refractivity contribution in [1.82, 2.24) is 15.0 Å². The molecule has 0 spiro atoms. The Hall–Kier alpha value is -7.77. The van der Waals surface area contributed by atoms with Gasteiger partial charge in [-0.15, -0.1) is 0 Å². The Morgan fingerprint density at radius 1 is 0.380 bits per heavy atom. The lowest BCUT2D eigenvalue weighted by molar-refractivity contribution is -0.120. The maximum Gasteiger partial charge on any atom is 0.159 e. The first-order chi connectivity index (χ1) is 38.5. The minimum Gasteiger partial charge on any atom is -0.375 e. The van der Waals surface area contributed by atoms with Gasteiger partial charge in [0.05, 0.1) is 18.1 Å². The molecule has 0 aliphatic rings. The third-order valence-electron chi connectivity index (χ3n) is 15.9. The molecule has 12 N–H and O–H groups in total. The smallest absolute Gasteiger partial charge is 0.159 e. The topological polar surface area (TPSA) is 213 Å². The van der Waals surface area contributed by atoms with Gasteiger partial charge in [0.1, 0.15) is 0 Å². The third-order valence-corrected chi connectivity index (χ3v) is 15.9. The van der Waals surface area contributed by atoms with Crippen LogP contribution in [0.25, 0.3) is 32.7 Å². The van der Waals surface area contributed by atoms with Gasteiger partial charge in [0.2, 0.25) is 0 Å². The number of unbranched alkanes of at least 4 members (excludes halogenated alkanes) is 3. The Labute approximate surface area is 465 Å². The minimum absolute atomic E-state index is 0.141. The van der Waals surface area contributed by atoms with Crippen molar-refractivity contribution in [2.75, 3.05) is 35.6 Å². The second-order valence-electron chi connectivity index (χ2n) is 21.5. The molecular weight excluding hydrogens is 979 g/mol. The monoisotopic (exact) mass is 1060 g/mol. The van der Waals surface area contributed by atoms with Gasteiger partial charge >= 0.3 is 0 Å². The molecule has 0 aliphatic heterocycles. The van der Waals surface area contributed by atoms with Crippen molar-refractivity contribution in [1.29, 1.82) is 0 Å². The molecule has 0 bridgehead atoms. The van der Waals surface area contributed by atoms with E-state index in [4.69, 9.17) is 17.2 Å². The van der Waals surface area contributed by atoms with Gasteiger partial charge in [-0.3, -0.25) is 14.4 Å². The van der Waals surface area contributed by atoms with Crippen molar-refractivity contribution in [2.45, 2.75) is 122 Å². The first-order valence-corrected chi connectivity index (χ1v) is 28.5. The van der Waals surface area contributed by atoms with E-state index in [-0.39, 0.29) is 23.3 Å². The van der Waals surface area contributed by atoms with Crippen LogP contribution in [0.4, 0.5) is 17.1 Å². The molecule has 0 saturated carbocycles. The van der Waals surface area contributed by atoms with E-state index < -0.39 is 18.1 Å². The van der Waals surface area contributed by atoms with E-state index in [1.807, 2.05) is 57.2 Å². The van der Waals surface area contributed by atoms with E-state index in [9.17, 15) is 14.4 Å². The van der Waals surface area contributed by atoms with Crippen LogP contribution in [-0.2, 0) is 33.6 Å². The molecule has 6 aromatic carbocycles. The summed E-state index contributed by atoms with van der Waals surface area (Å²) in [5, 5.41) is 14.1. The number of hydrogen-bond acceptors (Lipinski definition) is 9. The number of H-pyrrole nitrogens is 3. The van der Waals surface area contributed by atoms with Crippen LogP contribution in [0.1, 0.15) is 114 Å². The van der Waals surface area contributed by atoms with Gasteiger partial charge in [0, 0.05) is 92.0 Å². The maximum absolute atomic E-state index is 14.2. The number of fused-ring (bicyclic) bond motifs is 3. The summed E-state index contributed by atoms with van der Waals surface area (Å²) < 4.78 is 0. The number of carbonyl (C=O) groups excluding carboxylic acids is 3. The zero-order chi connectivity index (χ0) is 55.3. The molecule has 0 amide bonds. The summed E-state index contributed by atoms with van der Waals surface area (Å²) in [6.45, 7) is 7.84. The predicted octanol–water partition coefficient (Wildman–Crippen LogP) is 12.4. The summed E-state index contributed by atoms with van der Waals surface area (Å²) in [5.41, 5.74) is 32.9. The molecule has 79 heavy (non-hydrogen) atoms. The van der Waals surface area contributed by atoms with E-state index in [1.165, 1.54) is 0 Å². The predicted molar refractivity (Wildman–Crippen MR) is 326 cm³/mol. The van der Waals surface area contributed by atoms with Gasteiger partial charge in [0.25, 0.3) is 0 Å². The largest absolute Gasteiger partial charge is 0.375 e. The van der Waals surface area contributed by atoms with Crippen molar-refractivity contribution in [3.8, 4) is 0 Å². The second kappa shape index (κ2) is 26.7. The Morgan fingerprint density at radius 3 is 0.911 bits per heavy atom. The highest BCUT2D eigenvalue weighted by Crippen LogP contribution is 2.35. The molecule has 3 heterocycles. The quantitative estimate of drug-likeness (QED) is 0.0155. The number of hydrogen-bond donors (Lipinski definition) is 9. The number of aromatic nitrogens is 3. The van der Waals surface area contributed by atoms with Crippen LogP contribution in [-0.4, -0.2) is 70.1 Å². The number of nitrogens with one attached hydrogen (secondary N) is 6. The average molecular weight is 1060 g/mol. The van der Waals surface area contributed by atoms with Crippen LogP contribution in [0, 0.1) is 20.8 Å². The number of nitrogens with two attached hydrogens (primary N) is 3. The SMILES string of the molecule is Cc1[nH]c2ccccc2c1CC(=O)[C@@H](CCCCN)Nc1ccc(C(c2ccc(N[C@H](CCCCN)C(=O)Cc3c(C)[nH]c4ccccc34)cc2)c2ccc(N[C@H](CCCCN)C(=O)Cc3c(C)[nH]c4ccccc34)cc2)cc1. The number of benzene rings is 6. The van der Waals surface area contributed by atoms with Crippen molar-refractivity contribution in [3.63, 3.8) is 0 Å². The number of aromatic amines is 3. The third kappa shape index (κ3) is 13.7. The van der Waals surface area contributed by atoms with E-state index in [0.29, 0.717) is 58.2 Å². The van der Waals surface area contributed by atoms with Crippen molar-refractivity contribution in [3.05, 3.63) is 196 Å². The molecule has 12 heteroatoms. The van der Waals surface area contributed by atoms with Crippen molar-refractivity contribution < 1.29 is 14.4 Å². The molecule has 3 aromatic heterocycles. The summed E-state index contributed by atoms with van der Waals surface area (Å²) in [7, 11) is 0. The maximum atomic E-state index is 14.2. The zero-order valence-electron chi connectivity index (χ0n) is 46.2. The van der Waals surface area contributed by atoms with Gasteiger partial charge in [0.15, 0.2) is 17.3 Å². The average Bonchev–Trinajstić information content (AvgIpc) is 4.17. The standard InChI is InChI=1S/C67H79N9O3/c1-43-55(52-16-4-7-19-58(52)71-43)40-64(77)61(22-10-13-37-68)74-49-31-25-46(26-32-49)67(47-27-33-50(34-28-47)75-62(23-11-14-38-69)65(78)41-56-44(2)72-59-20-8-5-17-53(56)59)48-29-35-51(36-30-48)76-63(24-12-15-39-70)66(79)42-57-45(3)73-60-21-9-6-18-54(57)60/h4-9,16-21,25-36,61-63,67,71-76H,10-15,22-24,37-42,68-70H2,1-3H3/t61-,62-,63-/m1/s1. The molecule has 9 rings (SSSR count). The van der Waals surface area contributed by atoms with Gasteiger partial charge < -0.3 is 48.1 Å². The number of ketones is 3. The normalized spacial score (nSPS) is 12.8. The van der Waals surface area contributed by atoms with Crippen LogP contribution < -0.4 is 33.2 Å². The highest BCUT2D eigenvalue weighted by molar-refractivity contribution is 5.96. The second-order valence-corrected chi connectivity index (χ2v) is 21.5. The Bertz CT molecular complexity index is 3100. The van der Waals surface area contributed by atoms with Crippen molar-refractivity contribution >= 4 is 67.1 Å². The number of para-hydroxylation sites is 3. The van der Waals surface area contributed by atoms with Crippen LogP contribution in [0.3, 0.4) is 0 Å². The molecule has 0 unspecified atom stereocenters. The van der Waals surface area contributed by atoms with Gasteiger partial charge in [-0.25, -0.2) is 0 Å². The fourth-order valence-electron chi connectivity index (χ4n) is 11.5. The van der Waals surface area contributed by atoms with E-state index in [2.05, 4.69) is 140 Å². The summed E-state index contributed by atoms with van der Waals surface area (Å²) in [5.74, 6) is 0.244. The lowest BCUT2D eigenvalue weighted by Gasteiger charge is -2.23. The molecule has 0 saturated heterocycles. The summed E-state index contributed by atoms with van der Waals surface area (Å²) in [6.07, 6.45) is 8.02. The Kier molecular flexibility index (Phi) is 18.9. The van der Waals surface area contributed by atoms with Crippen LogP contribution >= 0.6 is 0 Å². The highest BCUT2D eigenvalue weighted by Gasteiger charge is 2.26. The number of Topliss-reactive ketones (excluding diaryl/α,β-unsaturated/α-hetero) is 3. The Morgan fingerprint density at radius 2 is 0.646 bits per heavy atom. The summed E-state index contributed by atoms with van der Waals surface area (Å²) >= 11 is 0. The van der Waals surface area contributed by atoms with E-state index >= 15 is 0 Å². The van der Waals surface area contributed by atoms with Crippen LogP contribution in [0.2, 0.25) is 0 Å². The molecule has 3 atom stereocenters. The van der Waals surface area contributed by atoms with Crippen LogP contribution in [0.5, 0.6) is 0 Å². The molecule has 0 radical (unpaired) electrons. The van der Waals surface area contributed by atoms with E-state index in [1.54, 1.807) is 0 Å². The lowest BCUT2D eigenvalue weighted by atomic mass is 9.85. The summed E-state index contributed by atoms with van der Waals surface area (Å²) in [6, 6.07) is 48.6. The first-order valence-electron chi connectivity index (χ1n) is 28.5. The number of rotatable bonds is 30. The van der Waals surface area contributed by atoms with Gasteiger partial charge in [-0.2, -0.15) is 0 Å². The Balaban J connectivity index is 0.986. The molecule has 410 valence electrons. The molecule has 0 fully saturated rings. The molecule has 0 aliphatic carbocycles. The number of anilines is 3. The molecular formula is C67H79N9O3. The highest BCUT2D eigenvalue weighted by atomic mass is 16.1. The van der Waals surface area contributed by atoms with Gasteiger partial charge in [-0.1, -0.05) is 91.0 Å². The first kappa shape index (κ1) is 56.0. The molecule has 12 nitrogen and oxygen atoms in total. The summed E-state index contributed by atoms with van der Waals surface area (Å²) in [4.78, 5) is 53.1. The van der Waals surface area contributed by atoms with E-state index in [0.717, 1.165) is 139 Å². The molecule has 9 aromatic rings. The number of carbonyl (C=O) groups is 3. The number of aryl methyl sites for hydroxylation is 3. The van der Waals surface area contributed by atoms with Crippen LogP contribution in [0.15, 0.2) is 146 Å². The zero-order valence-corrected chi connectivity index (χ0v) is 46.2. The fourth-order valence-corrected chi connectivity index (χ4v) is 11.5. The minimum atomic E-state index is -0.392. The lowest BCUT2D eigenvalue weighted by Crippen LogP contribution is -2.31. The van der Waals surface area contributed by atoms with Crippen molar-refractivity contribution in [2.24, 2.45) is 17.2 Å². The van der Waals surface area contributed by atoms with Gasteiger partial charge in [-0.05, 0) is 186 Å². The fraction of sp³-hybridized carbons (Fsp3) is 0.328.